The summed E-state index contributed by atoms with van der Waals surface area (Å²) in [6, 6.07) is 16.4. The number of carbonyl (C=O) groups excluding carboxylic acids is 1. The summed E-state index contributed by atoms with van der Waals surface area (Å²) in [6.07, 6.45) is 3.47. The van der Waals surface area contributed by atoms with E-state index >= 15 is 0 Å². The van der Waals surface area contributed by atoms with Gasteiger partial charge in [0, 0.05) is 50.9 Å². The summed E-state index contributed by atoms with van der Waals surface area (Å²) in [5.41, 5.74) is 2.16. The zero-order valence-corrected chi connectivity index (χ0v) is 15.9. The van der Waals surface area contributed by atoms with Gasteiger partial charge in [-0.1, -0.05) is 42.5 Å². The summed E-state index contributed by atoms with van der Waals surface area (Å²) in [7, 11) is 0. The monoisotopic (exact) mass is 397 g/mol. The highest BCUT2D eigenvalue weighted by molar-refractivity contribution is 5.91. The first kappa shape index (κ1) is 21.8. The Labute approximate surface area is 168 Å². The van der Waals surface area contributed by atoms with Crippen LogP contribution in [0.15, 0.2) is 60.7 Å². The van der Waals surface area contributed by atoms with Crippen molar-refractivity contribution in [2.75, 3.05) is 26.2 Å². The summed E-state index contributed by atoms with van der Waals surface area (Å²) in [6.45, 7) is 3.44. The third kappa shape index (κ3) is 7.19. The Morgan fingerprint density at radius 1 is 1.03 bits per heavy atom. The highest BCUT2D eigenvalue weighted by Gasteiger charge is 2.19. The van der Waals surface area contributed by atoms with Gasteiger partial charge in [0.15, 0.2) is 0 Å². The van der Waals surface area contributed by atoms with Crippen LogP contribution in [0.2, 0.25) is 0 Å². The summed E-state index contributed by atoms with van der Waals surface area (Å²) in [5, 5.41) is 17.6. The Kier molecular flexibility index (Phi) is 8.52. The van der Waals surface area contributed by atoms with Crippen molar-refractivity contribution in [2.24, 2.45) is 0 Å². The molecule has 8 heteroatoms. The van der Waals surface area contributed by atoms with Crippen LogP contribution >= 0.6 is 0 Å². The SMILES string of the molecule is O=C(/C=C/c1ccccc1)N1CCN(Cc2ccc([N+](=O)[O-])cc2)CC1.O=CO. The van der Waals surface area contributed by atoms with Crippen LogP contribution in [0.3, 0.4) is 0 Å². The summed E-state index contributed by atoms with van der Waals surface area (Å²) in [4.78, 5) is 35.1. The number of hydrogen-bond donors (Lipinski definition) is 1. The molecule has 0 unspecified atom stereocenters. The standard InChI is InChI=1S/C20H21N3O3.CH2O2/c24-20(11-8-17-4-2-1-3-5-17)22-14-12-21(13-15-22)16-18-6-9-19(10-7-18)23(25)26;2-1-3/h1-11H,12-16H2;1H,(H,2,3)/b11-8+;. The predicted octanol–water partition coefficient (Wildman–Crippen LogP) is 2.65. The van der Waals surface area contributed by atoms with Gasteiger partial charge in [0.25, 0.3) is 12.2 Å². The largest absolute Gasteiger partial charge is 0.483 e. The fraction of sp³-hybridized carbons (Fsp3) is 0.238. The lowest BCUT2D eigenvalue weighted by Gasteiger charge is -2.34. The summed E-state index contributed by atoms with van der Waals surface area (Å²) >= 11 is 0. The van der Waals surface area contributed by atoms with Crippen molar-refractivity contribution in [3.63, 3.8) is 0 Å². The number of nitrogens with zero attached hydrogens (tertiary/aromatic N) is 3. The van der Waals surface area contributed by atoms with Crippen LogP contribution in [0.4, 0.5) is 5.69 Å². The van der Waals surface area contributed by atoms with Gasteiger partial charge >= 0.3 is 0 Å². The van der Waals surface area contributed by atoms with Gasteiger partial charge < -0.3 is 10.0 Å². The first-order valence-electron chi connectivity index (χ1n) is 9.09. The molecule has 0 aromatic heterocycles. The third-order valence-electron chi connectivity index (χ3n) is 4.46. The van der Waals surface area contributed by atoms with Crippen molar-refractivity contribution >= 4 is 24.1 Å². The number of nitro benzene ring substituents is 1. The average molecular weight is 397 g/mol. The Morgan fingerprint density at radius 3 is 2.17 bits per heavy atom. The van der Waals surface area contributed by atoms with E-state index in [-0.39, 0.29) is 18.1 Å². The summed E-state index contributed by atoms with van der Waals surface area (Å²) in [5.74, 6) is 0.0313. The lowest BCUT2D eigenvalue weighted by atomic mass is 10.1. The van der Waals surface area contributed by atoms with E-state index in [0.717, 1.165) is 30.8 Å². The number of hydrogen-bond acceptors (Lipinski definition) is 5. The molecule has 0 atom stereocenters. The smallest absolute Gasteiger partial charge is 0.290 e. The summed E-state index contributed by atoms with van der Waals surface area (Å²) < 4.78 is 0. The quantitative estimate of drug-likeness (QED) is 0.360. The maximum absolute atomic E-state index is 12.3. The molecule has 2 aromatic rings. The minimum Gasteiger partial charge on any atom is -0.483 e. The maximum Gasteiger partial charge on any atom is 0.290 e. The molecule has 0 bridgehead atoms. The second kappa shape index (κ2) is 11.4. The molecule has 1 aliphatic heterocycles. The minimum atomic E-state index is -0.392. The normalized spacial score (nSPS) is 14.1. The lowest BCUT2D eigenvalue weighted by Crippen LogP contribution is -2.47. The molecule has 0 aliphatic carbocycles. The van der Waals surface area contributed by atoms with Gasteiger partial charge in [-0.2, -0.15) is 0 Å². The van der Waals surface area contributed by atoms with Gasteiger partial charge in [0.05, 0.1) is 4.92 Å². The van der Waals surface area contributed by atoms with Gasteiger partial charge in [0.1, 0.15) is 0 Å². The first-order valence-corrected chi connectivity index (χ1v) is 9.09. The van der Waals surface area contributed by atoms with Crippen LogP contribution in [-0.4, -0.2) is 58.4 Å². The molecule has 1 N–H and O–H groups in total. The molecule has 29 heavy (non-hydrogen) atoms. The molecule has 1 fully saturated rings. The molecule has 8 nitrogen and oxygen atoms in total. The molecule has 1 saturated heterocycles. The van der Waals surface area contributed by atoms with E-state index in [9.17, 15) is 14.9 Å². The topological polar surface area (TPSA) is 104 Å². The van der Waals surface area contributed by atoms with E-state index in [1.54, 1.807) is 18.2 Å². The number of rotatable bonds is 5. The Hall–Kier alpha value is -3.52. The number of piperazine rings is 1. The highest BCUT2D eigenvalue weighted by Crippen LogP contribution is 2.14. The third-order valence-corrected chi connectivity index (χ3v) is 4.46. The van der Waals surface area contributed by atoms with Crippen LogP contribution in [0.25, 0.3) is 6.08 Å². The Morgan fingerprint density at radius 2 is 1.62 bits per heavy atom. The fourth-order valence-corrected chi connectivity index (χ4v) is 2.94. The molecule has 0 radical (unpaired) electrons. The zero-order valence-electron chi connectivity index (χ0n) is 15.9. The fourth-order valence-electron chi connectivity index (χ4n) is 2.94. The van der Waals surface area contributed by atoms with E-state index in [1.165, 1.54) is 12.1 Å². The molecule has 1 amide bonds. The second-order valence-electron chi connectivity index (χ2n) is 6.37. The molecule has 0 saturated carbocycles. The molecule has 3 rings (SSSR count). The van der Waals surface area contributed by atoms with Gasteiger partial charge in [-0.15, -0.1) is 0 Å². The predicted molar refractivity (Wildman–Crippen MR) is 109 cm³/mol. The lowest BCUT2D eigenvalue weighted by molar-refractivity contribution is -0.384. The number of non-ortho nitro benzene ring substituents is 1. The van der Waals surface area contributed by atoms with E-state index < -0.39 is 4.92 Å². The van der Waals surface area contributed by atoms with Crippen LogP contribution in [-0.2, 0) is 16.1 Å². The van der Waals surface area contributed by atoms with Crippen LogP contribution < -0.4 is 0 Å². The van der Waals surface area contributed by atoms with Crippen molar-refractivity contribution in [2.45, 2.75) is 6.54 Å². The van der Waals surface area contributed by atoms with Crippen molar-refractivity contribution in [1.82, 2.24) is 9.80 Å². The minimum absolute atomic E-state index is 0.0313. The molecular weight excluding hydrogens is 374 g/mol. The van der Waals surface area contributed by atoms with Gasteiger partial charge in [-0.3, -0.25) is 24.6 Å². The van der Waals surface area contributed by atoms with Crippen molar-refractivity contribution in [3.05, 3.63) is 81.9 Å². The second-order valence-corrected chi connectivity index (χ2v) is 6.37. The number of nitro groups is 1. The van der Waals surface area contributed by atoms with Crippen LogP contribution in [0, 0.1) is 10.1 Å². The molecule has 1 heterocycles. The zero-order chi connectivity index (χ0) is 21.1. The number of amides is 1. The van der Waals surface area contributed by atoms with Gasteiger partial charge in [-0.25, -0.2) is 0 Å². The van der Waals surface area contributed by atoms with Crippen LogP contribution in [0.5, 0.6) is 0 Å². The number of benzene rings is 2. The molecular formula is C21H23N3O5. The van der Waals surface area contributed by atoms with Gasteiger partial charge in [0.2, 0.25) is 5.91 Å². The van der Waals surface area contributed by atoms with Crippen molar-refractivity contribution in [1.29, 1.82) is 0 Å². The number of carbonyl (C=O) groups is 2. The van der Waals surface area contributed by atoms with E-state index in [2.05, 4.69) is 4.90 Å². The van der Waals surface area contributed by atoms with E-state index in [0.29, 0.717) is 13.1 Å². The van der Waals surface area contributed by atoms with Crippen molar-refractivity contribution in [3.8, 4) is 0 Å². The molecule has 152 valence electrons. The van der Waals surface area contributed by atoms with E-state index in [1.807, 2.05) is 41.3 Å². The molecule has 2 aromatic carbocycles. The van der Waals surface area contributed by atoms with Crippen LogP contribution in [0.1, 0.15) is 11.1 Å². The molecule has 1 aliphatic rings. The van der Waals surface area contributed by atoms with Gasteiger partial charge in [-0.05, 0) is 17.2 Å². The highest BCUT2D eigenvalue weighted by atomic mass is 16.6. The Balaban J connectivity index is 0.000000941. The van der Waals surface area contributed by atoms with Crippen molar-refractivity contribution < 1.29 is 19.6 Å². The first-order chi connectivity index (χ1) is 14.0. The molecule has 0 spiro atoms. The Bertz CT molecular complexity index is 829. The number of carboxylic acid groups (broad SMARTS) is 1. The average Bonchev–Trinajstić information content (AvgIpc) is 2.74. The maximum atomic E-state index is 12.3. The van der Waals surface area contributed by atoms with E-state index in [4.69, 9.17) is 9.90 Å².